The van der Waals surface area contributed by atoms with Gasteiger partial charge in [-0.1, -0.05) is 58.0 Å². The lowest BCUT2D eigenvalue weighted by Crippen LogP contribution is -2.51. The number of nitrogens with zero attached hydrogens (tertiary/aromatic N) is 4. The zero-order valence-electron chi connectivity index (χ0n) is 29.9. The van der Waals surface area contributed by atoms with Crippen molar-refractivity contribution in [3.05, 3.63) is 66.6 Å². The van der Waals surface area contributed by atoms with Gasteiger partial charge in [0.25, 0.3) is 0 Å². The molecular formula is C39H47N7O5. The molecule has 0 aliphatic carbocycles. The minimum absolute atomic E-state index is 0.0281. The first-order valence-corrected chi connectivity index (χ1v) is 17.8. The first-order valence-electron chi connectivity index (χ1n) is 17.8. The number of methoxy groups -OCH3 is 1. The van der Waals surface area contributed by atoms with E-state index in [0.29, 0.717) is 31.7 Å². The van der Waals surface area contributed by atoms with Crippen LogP contribution in [0.15, 0.2) is 60.8 Å². The molecule has 3 N–H and O–H groups in total. The third-order valence-corrected chi connectivity index (χ3v) is 9.77. The van der Waals surface area contributed by atoms with E-state index in [4.69, 9.17) is 4.74 Å². The van der Waals surface area contributed by atoms with E-state index in [0.717, 1.165) is 58.4 Å². The molecule has 0 unspecified atom stereocenters. The van der Waals surface area contributed by atoms with Crippen molar-refractivity contribution < 1.29 is 23.9 Å². The number of imidazole rings is 1. The van der Waals surface area contributed by atoms with Crippen molar-refractivity contribution in [2.45, 2.75) is 77.9 Å². The Bertz CT molecular complexity index is 1900. The van der Waals surface area contributed by atoms with Crippen LogP contribution in [0.4, 0.5) is 10.6 Å². The number of benzene rings is 2. The number of carbonyl (C=O) groups excluding carboxylic acids is 4. The Morgan fingerprint density at radius 1 is 0.902 bits per heavy atom. The van der Waals surface area contributed by atoms with Crippen molar-refractivity contribution in [3.63, 3.8) is 0 Å². The van der Waals surface area contributed by atoms with Gasteiger partial charge in [0.1, 0.15) is 23.7 Å². The third-order valence-electron chi connectivity index (χ3n) is 9.77. The Balaban J connectivity index is 1.11. The van der Waals surface area contributed by atoms with Crippen LogP contribution >= 0.6 is 0 Å². The largest absolute Gasteiger partial charge is 0.453 e. The fourth-order valence-corrected chi connectivity index (χ4v) is 7.08. The lowest BCUT2D eigenvalue weighted by Gasteiger charge is -2.30. The van der Waals surface area contributed by atoms with Gasteiger partial charge in [-0.2, -0.15) is 0 Å². The Labute approximate surface area is 298 Å². The maximum atomic E-state index is 13.5. The van der Waals surface area contributed by atoms with E-state index in [9.17, 15) is 19.2 Å². The molecule has 0 bridgehead atoms. The molecule has 2 aromatic heterocycles. The summed E-state index contributed by atoms with van der Waals surface area (Å²) in [5, 5.41) is 6.57. The number of hydrogen-bond donors (Lipinski definition) is 3. The van der Waals surface area contributed by atoms with Crippen LogP contribution in [0.3, 0.4) is 0 Å². The summed E-state index contributed by atoms with van der Waals surface area (Å²) < 4.78 is 4.75. The van der Waals surface area contributed by atoms with E-state index in [-0.39, 0.29) is 35.6 Å². The van der Waals surface area contributed by atoms with Crippen LogP contribution < -0.4 is 10.6 Å². The quantitative estimate of drug-likeness (QED) is 0.176. The molecule has 2 saturated heterocycles. The van der Waals surface area contributed by atoms with Gasteiger partial charge in [0.15, 0.2) is 0 Å². The molecule has 6 rings (SSSR count). The van der Waals surface area contributed by atoms with Crippen LogP contribution in [0.25, 0.3) is 33.3 Å². The number of nitrogens with one attached hydrogen (secondary N) is 3. The molecule has 268 valence electrons. The van der Waals surface area contributed by atoms with Crippen LogP contribution in [0.5, 0.6) is 0 Å². The first kappa shape index (κ1) is 35.6. The Hall–Kier alpha value is -5.26. The molecule has 2 aliphatic rings. The lowest BCUT2D eigenvalue weighted by atomic mass is 10.0. The Morgan fingerprint density at radius 2 is 1.61 bits per heavy atom. The van der Waals surface area contributed by atoms with Gasteiger partial charge in [0, 0.05) is 24.9 Å². The van der Waals surface area contributed by atoms with E-state index in [2.05, 4.69) is 43.8 Å². The number of amides is 4. The number of hydrogen-bond acceptors (Lipinski definition) is 7. The molecule has 4 amide bonds. The second kappa shape index (κ2) is 15.3. The fraction of sp³-hybridized carbons (Fsp3) is 0.436. The van der Waals surface area contributed by atoms with Crippen LogP contribution in [0.1, 0.15) is 71.7 Å². The van der Waals surface area contributed by atoms with Gasteiger partial charge < -0.3 is 30.2 Å². The highest BCUT2D eigenvalue weighted by Gasteiger charge is 2.38. The number of carbonyl (C=O) groups is 4. The number of ether oxygens (including phenoxy) is 1. The molecule has 12 heteroatoms. The summed E-state index contributed by atoms with van der Waals surface area (Å²) in [6, 6.07) is 16.6. The number of pyridine rings is 1. The number of aromatic amines is 1. The first-order chi connectivity index (χ1) is 24.5. The van der Waals surface area contributed by atoms with Gasteiger partial charge in [-0.05, 0) is 78.5 Å². The number of anilines is 1. The van der Waals surface area contributed by atoms with Gasteiger partial charge >= 0.3 is 6.09 Å². The Morgan fingerprint density at radius 3 is 2.33 bits per heavy atom. The molecule has 2 fully saturated rings. The molecule has 0 saturated carbocycles. The van der Waals surface area contributed by atoms with Crippen molar-refractivity contribution in [2.75, 3.05) is 25.5 Å². The van der Waals surface area contributed by atoms with Crippen molar-refractivity contribution in [2.24, 2.45) is 11.8 Å². The summed E-state index contributed by atoms with van der Waals surface area (Å²) in [5.74, 6) is 1.02. The van der Waals surface area contributed by atoms with Crippen molar-refractivity contribution in [1.82, 2.24) is 30.1 Å². The highest BCUT2D eigenvalue weighted by atomic mass is 16.5. The van der Waals surface area contributed by atoms with Crippen molar-refractivity contribution in [1.29, 1.82) is 0 Å². The maximum Gasteiger partial charge on any atom is 0.407 e. The van der Waals surface area contributed by atoms with Gasteiger partial charge in [0.05, 0.1) is 30.6 Å². The summed E-state index contributed by atoms with van der Waals surface area (Å²) in [4.78, 5) is 67.5. The highest BCUT2D eigenvalue weighted by molar-refractivity contribution is 5.98. The van der Waals surface area contributed by atoms with Crippen molar-refractivity contribution >= 4 is 40.5 Å². The second-order valence-corrected chi connectivity index (χ2v) is 14.2. The molecule has 2 aromatic carbocycles. The van der Waals surface area contributed by atoms with Crippen LogP contribution in [-0.4, -0.2) is 80.8 Å². The predicted octanol–water partition coefficient (Wildman–Crippen LogP) is 6.31. The number of H-pyrrole nitrogens is 1. The molecule has 51 heavy (non-hydrogen) atoms. The average molecular weight is 694 g/mol. The summed E-state index contributed by atoms with van der Waals surface area (Å²) in [5.41, 5.74) is 4.65. The van der Waals surface area contributed by atoms with E-state index in [1.807, 2.05) is 58.0 Å². The number of fused-ring (bicyclic) bond motifs is 1. The number of likely N-dealkylation sites (tertiary alicyclic amines) is 2. The summed E-state index contributed by atoms with van der Waals surface area (Å²) >= 11 is 0. The SMILES string of the molecule is COC(=O)N[C@H](C(=O)N1CCC[C@H]1c1ncc(-c2ccc(-c3ccc4nc(NC(=O)[C@@H]5CCCN5C(=O)CC(C)C)ccc4c3)cc2)[nH]1)C(C)C. The van der Waals surface area contributed by atoms with Gasteiger partial charge in [-0.3, -0.25) is 14.4 Å². The van der Waals surface area contributed by atoms with E-state index < -0.39 is 18.2 Å². The molecule has 3 atom stereocenters. The average Bonchev–Trinajstić information content (AvgIpc) is 3.91. The zero-order chi connectivity index (χ0) is 36.2. The van der Waals surface area contributed by atoms with Crippen LogP contribution in [-0.2, 0) is 19.1 Å². The van der Waals surface area contributed by atoms with Crippen LogP contribution in [0, 0.1) is 11.8 Å². The summed E-state index contributed by atoms with van der Waals surface area (Å²) in [6.45, 7) is 9.02. The topological polar surface area (TPSA) is 150 Å². The zero-order valence-corrected chi connectivity index (χ0v) is 29.9. The minimum Gasteiger partial charge on any atom is -0.453 e. The Kier molecular flexibility index (Phi) is 10.7. The number of rotatable bonds is 10. The molecule has 4 aromatic rings. The predicted molar refractivity (Wildman–Crippen MR) is 195 cm³/mol. The van der Waals surface area contributed by atoms with Gasteiger partial charge in [-0.15, -0.1) is 0 Å². The molecule has 0 spiro atoms. The maximum absolute atomic E-state index is 13.5. The molecule has 2 aliphatic heterocycles. The monoisotopic (exact) mass is 693 g/mol. The molecule has 4 heterocycles. The smallest absolute Gasteiger partial charge is 0.407 e. The fourth-order valence-electron chi connectivity index (χ4n) is 7.08. The number of alkyl carbamates (subject to hydrolysis) is 1. The van der Waals surface area contributed by atoms with Gasteiger partial charge in [-0.25, -0.2) is 14.8 Å². The minimum atomic E-state index is -0.686. The normalized spacial score (nSPS) is 18.0. The molecule has 12 nitrogen and oxygen atoms in total. The summed E-state index contributed by atoms with van der Waals surface area (Å²) in [6.07, 6.45) is 4.71. The molecular weight excluding hydrogens is 646 g/mol. The molecule has 0 radical (unpaired) electrons. The highest BCUT2D eigenvalue weighted by Crippen LogP contribution is 2.33. The van der Waals surface area contributed by atoms with E-state index in [1.54, 1.807) is 22.1 Å². The van der Waals surface area contributed by atoms with Gasteiger partial charge in [0.2, 0.25) is 17.7 Å². The standard InChI is InChI=1S/C39H47N7O5/c1-23(2)20-34(47)45-18-7-9-32(45)37(48)43-33-17-15-28-21-27(14-16-29(28)41-33)25-10-12-26(13-11-25)30-22-40-36(42-30)31-8-6-19-46(31)38(49)35(24(3)4)44-39(50)51-5/h10-17,21-24,31-32,35H,6-9,18-20H2,1-5H3,(H,40,42)(H,44,50)(H,41,43,48)/t31-,32-,35-/m0/s1. The third kappa shape index (κ3) is 7.90. The van der Waals surface area contributed by atoms with E-state index >= 15 is 0 Å². The summed E-state index contributed by atoms with van der Waals surface area (Å²) in [7, 11) is 1.29. The number of aromatic nitrogens is 3. The van der Waals surface area contributed by atoms with Crippen LogP contribution in [0.2, 0.25) is 0 Å². The van der Waals surface area contributed by atoms with E-state index in [1.165, 1.54) is 7.11 Å². The second-order valence-electron chi connectivity index (χ2n) is 14.2. The van der Waals surface area contributed by atoms with Crippen molar-refractivity contribution in [3.8, 4) is 22.4 Å². The lowest BCUT2D eigenvalue weighted by molar-refractivity contribution is -0.137.